The topological polar surface area (TPSA) is 94.7 Å². The van der Waals surface area contributed by atoms with Gasteiger partial charge in [-0.15, -0.1) is 0 Å². The molecular formula is C16H16N6O2. The molecular weight excluding hydrogens is 308 g/mol. The molecule has 0 radical (unpaired) electrons. The number of aryl methyl sites for hydroxylation is 3. The SMILES string of the molecule is Cc1cc(C)n(-c2ncc(NC(=O)c3cccn(C)c3=O)cn2)n1. The summed E-state index contributed by atoms with van der Waals surface area (Å²) in [5, 5.41) is 6.92. The Morgan fingerprint density at radius 3 is 2.54 bits per heavy atom. The van der Waals surface area contributed by atoms with E-state index in [0.29, 0.717) is 11.6 Å². The van der Waals surface area contributed by atoms with Crippen molar-refractivity contribution in [1.82, 2.24) is 24.3 Å². The van der Waals surface area contributed by atoms with Gasteiger partial charge in [-0.1, -0.05) is 0 Å². The fourth-order valence-corrected chi connectivity index (χ4v) is 2.30. The smallest absolute Gasteiger partial charge is 0.263 e. The summed E-state index contributed by atoms with van der Waals surface area (Å²) in [4.78, 5) is 32.5. The summed E-state index contributed by atoms with van der Waals surface area (Å²) < 4.78 is 2.96. The molecule has 122 valence electrons. The number of nitrogens with zero attached hydrogens (tertiary/aromatic N) is 5. The molecule has 0 bridgehead atoms. The zero-order valence-corrected chi connectivity index (χ0v) is 13.5. The van der Waals surface area contributed by atoms with Crippen LogP contribution in [0, 0.1) is 13.8 Å². The summed E-state index contributed by atoms with van der Waals surface area (Å²) in [6.07, 6.45) is 4.54. The fraction of sp³-hybridized carbons (Fsp3) is 0.188. The van der Waals surface area contributed by atoms with Crippen LogP contribution >= 0.6 is 0 Å². The largest absolute Gasteiger partial charge is 0.319 e. The van der Waals surface area contributed by atoms with Crippen molar-refractivity contribution in [3.63, 3.8) is 0 Å². The number of aromatic nitrogens is 5. The lowest BCUT2D eigenvalue weighted by Gasteiger charge is -2.06. The monoisotopic (exact) mass is 324 g/mol. The zero-order chi connectivity index (χ0) is 17.3. The number of anilines is 1. The van der Waals surface area contributed by atoms with E-state index in [1.165, 1.54) is 23.0 Å². The highest BCUT2D eigenvalue weighted by Gasteiger charge is 2.12. The van der Waals surface area contributed by atoms with Gasteiger partial charge in [0, 0.05) is 18.9 Å². The first-order valence-corrected chi connectivity index (χ1v) is 7.28. The average Bonchev–Trinajstić information content (AvgIpc) is 2.89. The molecule has 0 spiro atoms. The zero-order valence-electron chi connectivity index (χ0n) is 13.5. The van der Waals surface area contributed by atoms with Gasteiger partial charge in [0.2, 0.25) is 0 Å². The molecule has 24 heavy (non-hydrogen) atoms. The second kappa shape index (κ2) is 6.07. The van der Waals surface area contributed by atoms with Crippen LogP contribution in [0.5, 0.6) is 0 Å². The predicted molar refractivity (Wildman–Crippen MR) is 88.3 cm³/mol. The lowest BCUT2D eigenvalue weighted by atomic mass is 10.2. The number of carbonyl (C=O) groups is 1. The van der Waals surface area contributed by atoms with Crippen LogP contribution in [0.2, 0.25) is 0 Å². The van der Waals surface area contributed by atoms with Crippen molar-refractivity contribution in [2.45, 2.75) is 13.8 Å². The Morgan fingerprint density at radius 2 is 1.92 bits per heavy atom. The second-order valence-electron chi connectivity index (χ2n) is 5.40. The van der Waals surface area contributed by atoms with Crippen LogP contribution < -0.4 is 10.9 Å². The lowest BCUT2D eigenvalue weighted by molar-refractivity contribution is 0.102. The molecule has 1 N–H and O–H groups in total. The van der Waals surface area contributed by atoms with E-state index in [0.717, 1.165) is 11.4 Å². The molecule has 8 heteroatoms. The molecule has 0 aromatic carbocycles. The number of nitrogens with one attached hydrogen (secondary N) is 1. The summed E-state index contributed by atoms with van der Waals surface area (Å²) >= 11 is 0. The Hall–Kier alpha value is -3.29. The van der Waals surface area contributed by atoms with E-state index in [1.54, 1.807) is 24.0 Å². The number of hydrogen-bond donors (Lipinski definition) is 1. The van der Waals surface area contributed by atoms with E-state index < -0.39 is 5.91 Å². The van der Waals surface area contributed by atoms with Crippen LogP contribution in [-0.2, 0) is 7.05 Å². The number of carbonyl (C=O) groups excluding carboxylic acids is 1. The molecule has 0 atom stereocenters. The Bertz CT molecular complexity index is 955. The molecule has 3 rings (SSSR count). The molecule has 0 unspecified atom stereocenters. The van der Waals surface area contributed by atoms with Gasteiger partial charge in [0.05, 0.1) is 23.8 Å². The maximum absolute atomic E-state index is 12.2. The summed E-state index contributed by atoms with van der Waals surface area (Å²) in [6, 6.07) is 5.03. The van der Waals surface area contributed by atoms with Crippen molar-refractivity contribution in [3.8, 4) is 5.95 Å². The third-order valence-corrected chi connectivity index (χ3v) is 3.46. The minimum absolute atomic E-state index is 0.0580. The molecule has 3 aromatic heterocycles. The highest BCUT2D eigenvalue weighted by atomic mass is 16.2. The molecule has 0 aliphatic rings. The molecule has 0 fully saturated rings. The van der Waals surface area contributed by atoms with Crippen LogP contribution in [0.3, 0.4) is 0 Å². The van der Waals surface area contributed by atoms with Crippen LogP contribution in [0.4, 0.5) is 5.69 Å². The Morgan fingerprint density at radius 1 is 1.21 bits per heavy atom. The molecule has 3 aromatic rings. The molecule has 0 aliphatic carbocycles. The highest BCUT2D eigenvalue weighted by Crippen LogP contribution is 2.10. The van der Waals surface area contributed by atoms with Gasteiger partial charge in [-0.2, -0.15) is 5.10 Å². The Kier molecular flexibility index (Phi) is 3.95. The molecule has 0 aliphatic heterocycles. The summed E-state index contributed by atoms with van der Waals surface area (Å²) in [7, 11) is 1.59. The summed E-state index contributed by atoms with van der Waals surface area (Å²) in [6.45, 7) is 3.79. The van der Waals surface area contributed by atoms with Gasteiger partial charge in [-0.3, -0.25) is 9.59 Å². The Labute approximate surface area is 137 Å². The molecule has 0 saturated heterocycles. The van der Waals surface area contributed by atoms with Gasteiger partial charge >= 0.3 is 0 Å². The third kappa shape index (κ3) is 2.94. The van der Waals surface area contributed by atoms with Crippen molar-refractivity contribution in [2.75, 3.05) is 5.32 Å². The van der Waals surface area contributed by atoms with Gasteiger partial charge in [0.25, 0.3) is 17.4 Å². The standard InChI is InChI=1S/C16H16N6O2/c1-10-7-11(2)22(20-10)16-17-8-12(9-18-16)19-14(23)13-5-4-6-21(3)15(13)24/h4-9H,1-3H3,(H,19,23). The number of hydrogen-bond acceptors (Lipinski definition) is 5. The second-order valence-corrected chi connectivity index (χ2v) is 5.40. The van der Waals surface area contributed by atoms with E-state index in [-0.39, 0.29) is 11.1 Å². The third-order valence-electron chi connectivity index (χ3n) is 3.46. The van der Waals surface area contributed by atoms with Gasteiger partial charge < -0.3 is 9.88 Å². The highest BCUT2D eigenvalue weighted by molar-refractivity contribution is 6.03. The van der Waals surface area contributed by atoms with Crippen LogP contribution in [0.1, 0.15) is 21.7 Å². The van der Waals surface area contributed by atoms with Gasteiger partial charge in [-0.05, 0) is 32.0 Å². The predicted octanol–water partition coefficient (Wildman–Crippen LogP) is 1.23. The quantitative estimate of drug-likeness (QED) is 0.782. The lowest BCUT2D eigenvalue weighted by Crippen LogP contribution is -2.27. The normalized spacial score (nSPS) is 10.6. The first kappa shape index (κ1) is 15.6. The van der Waals surface area contributed by atoms with E-state index in [4.69, 9.17) is 0 Å². The van der Waals surface area contributed by atoms with E-state index >= 15 is 0 Å². The van der Waals surface area contributed by atoms with Gasteiger partial charge in [-0.25, -0.2) is 14.6 Å². The summed E-state index contributed by atoms with van der Waals surface area (Å²) in [5.74, 6) is -0.0899. The van der Waals surface area contributed by atoms with Crippen LogP contribution in [0.25, 0.3) is 5.95 Å². The van der Waals surface area contributed by atoms with Crippen LogP contribution in [-0.4, -0.2) is 30.2 Å². The molecule has 0 saturated carbocycles. The molecule has 1 amide bonds. The molecule has 8 nitrogen and oxygen atoms in total. The minimum atomic E-state index is -0.501. The van der Waals surface area contributed by atoms with E-state index in [2.05, 4.69) is 20.4 Å². The number of amides is 1. The van der Waals surface area contributed by atoms with Gasteiger partial charge in [0.15, 0.2) is 0 Å². The fourth-order valence-electron chi connectivity index (χ4n) is 2.30. The minimum Gasteiger partial charge on any atom is -0.319 e. The first-order valence-electron chi connectivity index (χ1n) is 7.28. The number of rotatable bonds is 3. The first-order chi connectivity index (χ1) is 11.5. The maximum atomic E-state index is 12.2. The number of pyridine rings is 1. The van der Waals surface area contributed by atoms with Crippen molar-refractivity contribution in [1.29, 1.82) is 0 Å². The van der Waals surface area contributed by atoms with Crippen LogP contribution in [0.15, 0.2) is 41.6 Å². The van der Waals surface area contributed by atoms with Crippen molar-refractivity contribution >= 4 is 11.6 Å². The van der Waals surface area contributed by atoms with Crippen molar-refractivity contribution < 1.29 is 4.79 Å². The van der Waals surface area contributed by atoms with E-state index in [1.807, 2.05) is 19.9 Å². The summed E-state index contributed by atoms with van der Waals surface area (Å²) in [5.41, 5.74) is 1.87. The molecule has 3 heterocycles. The average molecular weight is 324 g/mol. The Balaban J connectivity index is 1.82. The van der Waals surface area contributed by atoms with Crippen molar-refractivity contribution in [2.24, 2.45) is 7.05 Å². The van der Waals surface area contributed by atoms with E-state index in [9.17, 15) is 9.59 Å². The maximum Gasteiger partial charge on any atom is 0.263 e. The van der Waals surface area contributed by atoms with Gasteiger partial charge in [0.1, 0.15) is 5.56 Å². The van der Waals surface area contributed by atoms with Crippen molar-refractivity contribution in [3.05, 3.63) is 64.1 Å².